The normalized spacial score (nSPS) is 16.4. The zero-order chi connectivity index (χ0) is 22.1. The first kappa shape index (κ1) is 21.6. The van der Waals surface area contributed by atoms with E-state index in [1.165, 1.54) is 12.1 Å². The molecule has 4 rings (SSSR count). The first-order valence-electron chi connectivity index (χ1n) is 9.62. The molecule has 1 aliphatic heterocycles. The van der Waals surface area contributed by atoms with Gasteiger partial charge in [-0.25, -0.2) is 0 Å². The summed E-state index contributed by atoms with van der Waals surface area (Å²) in [7, 11) is 0. The number of carbonyl (C=O) groups excluding carboxylic acids is 1. The van der Waals surface area contributed by atoms with Crippen molar-refractivity contribution in [3.63, 3.8) is 0 Å². The van der Waals surface area contributed by atoms with Gasteiger partial charge < -0.3 is 20.0 Å². The molecular weight excluding hydrogens is 459 g/mol. The van der Waals surface area contributed by atoms with Gasteiger partial charge in [-0.3, -0.25) is 4.79 Å². The fourth-order valence-corrected chi connectivity index (χ4v) is 4.45. The minimum Gasteiger partial charge on any atom is -0.508 e. The molecule has 5 nitrogen and oxygen atoms in total. The summed E-state index contributed by atoms with van der Waals surface area (Å²) in [6, 6.07) is 16.6. The van der Waals surface area contributed by atoms with Crippen molar-refractivity contribution in [3.05, 3.63) is 86.9 Å². The van der Waals surface area contributed by atoms with E-state index in [-0.39, 0.29) is 29.0 Å². The zero-order valence-electron chi connectivity index (χ0n) is 16.3. The van der Waals surface area contributed by atoms with Gasteiger partial charge >= 0.3 is 0 Å². The average Bonchev–Trinajstić information content (AvgIpc) is 2.74. The van der Waals surface area contributed by atoms with Crippen LogP contribution in [0.5, 0.6) is 11.5 Å². The molecule has 0 unspecified atom stereocenters. The second-order valence-corrected chi connectivity index (χ2v) is 8.59. The van der Waals surface area contributed by atoms with Gasteiger partial charge in [0, 0.05) is 35.7 Å². The number of piperazine rings is 1. The molecule has 1 aliphatic rings. The topological polar surface area (TPSA) is 64.0 Å². The lowest BCUT2D eigenvalue weighted by Gasteiger charge is -2.43. The summed E-state index contributed by atoms with van der Waals surface area (Å²) < 4.78 is 0. The minimum absolute atomic E-state index is 0.102. The fraction of sp³-hybridized carbons (Fsp3) is 0.174. The van der Waals surface area contributed by atoms with E-state index >= 15 is 0 Å². The van der Waals surface area contributed by atoms with Crippen LogP contribution in [0.3, 0.4) is 0 Å². The first-order chi connectivity index (χ1) is 14.8. The molecule has 0 saturated carbocycles. The number of carbonyl (C=O) groups is 1. The first-order valence-corrected chi connectivity index (χ1v) is 10.8. The molecule has 1 saturated heterocycles. The predicted octanol–water partition coefficient (Wildman–Crippen LogP) is 5.76. The molecule has 2 N–H and O–H groups in total. The number of hydrogen-bond donors (Lipinski definition) is 2. The van der Waals surface area contributed by atoms with Crippen molar-refractivity contribution >= 4 is 46.4 Å². The van der Waals surface area contributed by atoms with Crippen LogP contribution in [0.2, 0.25) is 15.1 Å². The highest BCUT2D eigenvalue weighted by Crippen LogP contribution is 2.37. The molecule has 1 heterocycles. The number of phenols is 2. The third-order valence-corrected chi connectivity index (χ3v) is 6.14. The number of anilines is 1. The summed E-state index contributed by atoms with van der Waals surface area (Å²) in [6.07, 6.45) is 0. The second kappa shape index (κ2) is 8.87. The number of nitrogens with zero attached hydrogens (tertiary/aromatic N) is 2. The maximum atomic E-state index is 13.1. The Morgan fingerprint density at radius 2 is 1.58 bits per heavy atom. The van der Waals surface area contributed by atoms with Gasteiger partial charge in [0.15, 0.2) is 0 Å². The highest BCUT2D eigenvalue weighted by atomic mass is 35.5. The van der Waals surface area contributed by atoms with E-state index in [2.05, 4.69) is 4.90 Å². The number of halogens is 3. The van der Waals surface area contributed by atoms with E-state index in [0.717, 1.165) is 17.3 Å². The van der Waals surface area contributed by atoms with Gasteiger partial charge in [0.05, 0.1) is 22.3 Å². The molecule has 1 amide bonds. The van der Waals surface area contributed by atoms with Crippen molar-refractivity contribution in [2.24, 2.45) is 0 Å². The number of phenolic OH excluding ortho intramolecular Hbond substituents is 2. The smallest absolute Gasteiger partial charge is 0.257 e. The maximum Gasteiger partial charge on any atom is 0.257 e. The molecule has 0 bridgehead atoms. The van der Waals surface area contributed by atoms with Gasteiger partial charge in [0.2, 0.25) is 0 Å². The SMILES string of the molecule is O=C(c1ccc(O)cc1O)N1CCN(c2ccc(Cl)cc2Cl)[C@@H](c2ccc(Cl)cc2)C1. The third-order valence-electron chi connectivity index (χ3n) is 5.35. The van der Waals surface area contributed by atoms with Crippen LogP contribution in [0.25, 0.3) is 0 Å². The number of aromatic hydroxyl groups is 2. The number of amides is 1. The molecule has 31 heavy (non-hydrogen) atoms. The molecule has 0 aromatic heterocycles. The Balaban J connectivity index is 1.68. The van der Waals surface area contributed by atoms with E-state index < -0.39 is 0 Å². The van der Waals surface area contributed by atoms with Crippen LogP contribution < -0.4 is 4.90 Å². The van der Waals surface area contributed by atoms with Crippen molar-refractivity contribution in [2.75, 3.05) is 24.5 Å². The van der Waals surface area contributed by atoms with Crippen LogP contribution in [0.15, 0.2) is 60.7 Å². The van der Waals surface area contributed by atoms with Crippen molar-refractivity contribution in [2.45, 2.75) is 6.04 Å². The summed E-state index contributed by atoms with van der Waals surface area (Å²) in [4.78, 5) is 16.9. The Bertz CT molecular complexity index is 1120. The molecule has 8 heteroatoms. The molecule has 160 valence electrons. The van der Waals surface area contributed by atoms with Gasteiger partial charge in [-0.2, -0.15) is 0 Å². The van der Waals surface area contributed by atoms with Gasteiger partial charge in [-0.05, 0) is 48.0 Å². The summed E-state index contributed by atoms with van der Waals surface area (Å²) in [5.41, 5.74) is 1.94. The summed E-state index contributed by atoms with van der Waals surface area (Å²) in [5, 5.41) is 21.4. The van der Waals surface area contributed by atoms with E-state index in [9.17, 15) is 15.0 Å². The quantitative estimate of drug-likeness (QED) is 0.503. The molecule has 1 atom stereocenters. The van der Waals surface area contributed by atoms with Crippen molar-refractivity contribution in [1.29, 1.82) is 0 Å². The van der Waals surface area contributed by atoms with Crippen LogP contribution in [0.1, 0.15) is 22.0 Å². The van der Waals surface area contributed by atoms with E-state index in [4.69, 9.17) is 34.8 Å². The molecule has 3 aromatic rings. The highest BCUT2D eigenvalue weighted by Gasteiger charge is 2.33. The molecule has 3 aromatic carbocycles. The largest absolute Gasteiger partial charge is 0.508 e. The fourth-order valence-electron chi connectivity index (χ4n) is 3.81. The Hall–Kier alpha value is -2.60. The van der Waals surface area contributed by atoms with Crippen molar-refractivity contribution in [1.82, 2.24) is 4.90 Å². The van der Waals surface area contributed by atoms with Gasteiger partial charge in [-0.15, -0.1) is 0 Å². The lowest BCUT2D eigenvalue weighted by molar-refractivity contribution is 0.0719. The third kappa shape index (κ3) is 4.54. The van der Waals surface area contributed by atoms with Gasteiger partial charge in [0.1, 0.15) is 11.5 Å². The Morgan fingerprint density at radius 3 is 2.26 bits per heavy atom. The zero-order valence-corrected chi connectivity index (χ0v) is 18.6. The lowest BCUT2D eigenvalue weighted by atomic mass is 10.0. The molecule has 1 fully saturated rings. The standard InChI is InChI=1S/C23H19Cl3N2O3/c24-15-3-1-14(2-4-15)21-13-27(23(31)18-7-6-17(29)12-22(18)30)9-10-28(21)20-8-5-16(25)11-19(20)26/h1-8,11-12,21,29-30H,9-10,13H2/t21-/m1/s1. The van der Waals surface area contributed by atoms with Crippen LogP contribution in [-0.2, 0) is 0 Å². The molecule has 0 spiro atoms. The second-order valence-electron chi connectivity index (χ2n) is 7.31. The van der Waals surface area contributed by atoms with Gasteiger partial charge in [0.25, 0.3) is 5.91 Å². The molecular formula is C23H19Cl3N2O3. The summed E-state index contributed by atoms with van der Waals surface area (Å²) in [5.74, 6) is -0.662. The highest BCUT2D eigenvalue weighted by molar-refractivity contribution is 6.36. The Kier molecular flexibility index (Phi) is 6.19. The van der Waals surface area contributed by atoms with Crippen LogP contribution in [-0.4, -0.2) is 40.7 Å². The minimum atomic E-state index is -0.307. The molecule has 0 aliphatic carbocycles. The van der Waals surface area contributed by atoms with E-state index in [0.29, 0.717) is 34.7 Å². The van der Waals surface area contributed by atoms with Crippen LogP contribution >= 0.6 is 34.8 Å². The lowest BCUT2D eigenvalue weighted by Crippen LogP contribution is -2.50. The maximum absolute atomic E-state index is 13.1. The van der Waals surface area contributed by atoms with E-state index in [1.54, 1.807) is 17.0 Å². The van der Waals surface area contributed by atoms with Crippen molar-refractivity contribution in [3.8, 4) is 11.5 Å². The Morgan fingerprint density at radius 1 is 0.871 bits per heavy atom. The number of hydrogen-bond acceptors (Lipinski definition) is 4. The molecule has 0 radical (unpaired) electrons. The van der Waals surface area contributed by atoms with E-state index in [1.807, 2.05) is 30.3 Å². The summed E-state index contributed by atoms with van der Waals surface area (Å²) in [6.45, 7) is 1.33. The van der Waals surface area contributed by atoms with Gasteiger partial charge in [-0.1, -0.05) is 46.9 Å². The average molecular weight is 478 g/mol. The van der Waals surface area contributed by atoms with Crippen molar-refractivity contribution < 1.29 is 15.0 Å². The van der Waals surface area contributed by atoms with Crippen LogP contribution in [0, 0.1) is 0 Å². The number of rotatable bonds is 3. The monoisotopic (exact) mass is 476 g/mol. The number of benzene rings is 3. The van der Waals surface area contributed by atoms with Crippen LogP contribution in [0.4, 0.5) is 5.69 Å². The predicted molar refractivity (Wildman–Crippen MR) is 124 cm³/mol. The summed E-state index contributed by atoms with van der Waals surface area (Å²) >= 11 is 18.6. The Labute approximate surface area is 195 Å².